The molecule has 15 heavy (non-hydrogen) atoms. The van der Waals surface area contributed by atoms with Crippen molar-refractivity contribution < 1.29 is 4.39 Å². The molecule has 0 unspecified atom stereocenters. The third kappa shape index (κ3) is 1.65. The fraction of sp³-hybridized carbons (Fsp3) is 0. The summed E-state index contributed by atoms with van der Waals surface area (Å²) < 4.78 is 13.0. The van der Waals surface area contributed by atoms with E-state index in [9.17, 15) is 4.39 Å². The second kappa shape index (κ2) is 3.42. The molecule has 0 aliphatic carbocycles. The maximum Gasteiger partial charge on any atom is 0.145 e. The van der Waals surface area contributed by atoms with Crippen LogP contribution in [0.25, 0.3) is 11.3 Å². The van der Waals surface area contributed by atoms with Crippen LogP contribution in [0.4, 0.5) is 10.2 Å². The van der Waals surface area contributed by atoms with Gasteiger partial charge in [-0.3, -0.25) is 5.10 Å². The summed E-state index contributed by atoms with van der Waals surface area (Å²) in [6, 6.07) is 7.64. The Hall–Kier alpha value is -2.35. The molecule has 0 bridgehead atoms. The molecule has 0 amide bonds. The van der Waals surface area contributed by atoms with Gasteiger partial charge in [-0.1, -0.05) is 0 Å². The predicted octanol–water partition coefficient (Wildman–Crippen LogP) is 1.67. The van der Waals surface area contributed by atoms with Gasteiger partial charge in [-0.05, 0) is 18.2 Å². The lowest BCUT2D eigenvalue weighted by atomic mass is 10.1. The molecule has 0 aliphatic rings. The highest BCUT2D eigenvalue weighted by molar-refractivity contribution is 5.63. The number of H-pyrrole nitrogens is 1. The lowest BCUT2D eigenvalue weighted by molar-refractivity contribution is 0.624. The molecule has 3 N–H and O–H groups in total. The maximum atomic E-state index is 13.0. The van der Waals surface area contributed by atoms with Gasteiger partial charge in [0, 0.05) is 11.6 Å². The van der Waals surface area contributed by atoms with Crippen LogP contribution in [0.1, 0.15) is 5.56 Å². The van der Waals surface area contributed by atoms with Crippen LogP contribution in [0.3, 0.4) is 0 Å². The number of aromatic nitrogens is 2. The first-order chi connectivity index (χ1) is 7.20. The van der Waals surface area contributed by atoms with Crippen LogP contribution in [0.2, 0.25) is 0 Å². The highest BCUT2D eigenvalue weighted by atomic mass is 19.1. The molecular formula is C10H7FN4. The van der Waals surface area contributed by atoms with Crippen molar-refractivity contribution in [3.8, 4) is 17.3 Å². The van der Waals surface area contributed by atoms with Crippen molar-refractivity contribution in [3.63, 3.8) is 0 Å². The number of nitrogens with two attached hydrogens (primary N) is 1. The van der Waals surface area contributed by atoms with Gasteiger partial charge in [0.2, 0.25) is 0 Å². The number of nitrogens with zero attached hydrogens (tertiary/aromatic N) is 2. The summed E-state index contributed by atoms with van der Waals surface area (Å²) in [4.78, 5) is 0. The molecule has 1 heterocycles. The van der Waals surface area contributed by atoms with Crippen LogP contribution in [-0.4, -0.2) is 10.2 Å². The Bertz CT molecular complexity index is 539. The molecule has 0 atom stereocenters. The van der Waals surface area contributed by atoms with E-state index in [4.69, 9.17) is 11.0 Å². The third-order valence-corrected chi connectivity index (χ3v) is 2.00. The Morgan fingerprint density at radius 3 is 2.80 bits per heavy atom. The number of nitriles is 1. The summed E-state index contributed by atoms with van der Waals surface area (Å²) in [6.07, 6.45) is 0. The van der Waals surface area contributed by atoms with Gasteiger partial charge in [0.25, 0.3) is 0 Å². The molecular weight excluding hydrogens is 195 g/mol. The van der Waals surface area contributed by atoms with E-state index in [1.54, 1.807) is 18.2 Å². The molecule has 0 spiro atoms. The zero-order valence-electron chi connectivity index (χ0n) is 7.66. The van der Waals surface area contributed by atoms with Crippen molar-refractivity contribution in [2.75, 3.05) is 5.73 Å². The highest BCUT2D eigenvalue weighted by Gasteiger charge is 2.06. The van der Waals surface area contributed by atoms with Crippen molar-refractivity contribution in [1.82, 2.24) is 10.2 Å². The van der Waals surface area contributed by atoms with Gasteiger partial charge in [-0.25, -0.2) is 4.39 Å². The van der Waals surface area contributed by atoms with Gasteiger partial charge in [-0.2, -0.15) is 10.4 Å². The standard InChI is InChI=1S/C10H7FN4/c11-8-2-1-6(3-7(8)5-12)9-4-10(13)15-14-9/h1-4H,(H3,13,14,15). The van der Waals surface area contributed by atoms with Crippen LogP contribution in [0.5, 0.6) is 0 Å². The first kappa shape index (κ1) is 9.21. The summed E-state index contributed by atoms with van der Waals surface area (Å²) in [5.41, 5.74) is 6.77. The van der Waals surface area contributed by atoms with Gasteiger partial charge >= 0.3 is 0 Å². The van der Waals surface area contributed by atoms with E-state index in [0.717, 1.165) is 0 Å². The molecule has 0 radical (unpaired) electrons. The van der Waals surface area contributed by atoms with Gasteiger partial charge in [-0.15, -0.1) is 0 Å². The van der Waals surface area contributed by atoms with E-state index in [-0.39, 0.29) is 5.56 Å². The van der Waals surface area contributed by atoms with E-state index in [2.05, 4.69) is 10.2 Å². The van der Waals surface area contributed by atoms with Crippen LogP contribution in [0.15, 0.2) is 24.3 Å². The van der Waals surface area contributed by atoms with Crippen LogP contribution in [-0.2, 0) is 0 Å². The van der Waals surface area contributed by atoms with Gasteiger partial charge in [0.05, 0.1) is 11.3 Å². The molecule has 2 aromatic rings. The predicted molar refractivity (Wildman–Crippen MR) is 53.1 cm³/mol. The maximum absolute atomic E-state index is 13.0. The van der Waals surface area contributed by atoms with Gasteiger partial charge < -0.3 is 5.73 Å². The van der Waals surface area contributed by atoms with E-state index >= 15 is 0 Å². The number of aromatic amines is 1. The minimum absolute atomic E-state index is 0.000622. The summed E-state index contributed by atoms with van der Waals surface area (Å²) in [7, 11) is 0. The summed E-state index contributed by atoms with van der Waals surface area (Å²) in [6.45, 7) is 0. The second-order valence-corrected chi connectivity index (χ2v) is 3.01. The minimum Gasteiger partial charge on any atom is -0.382 e. The molecule has 0 saturated heterocycles. The summed E-state index contributed by atoms with van der Waals surface area (Å²) >= 11 is 0. The first-order valence-electron chi connectivity index (χ1n) is 4.21. The quantitative estimate of drug-likeness (QED) is 0.738. The lowest BCUT2D eigenvalue weighted by Gasteiger charge is -1.98. The number of halogens is 1. The van der Waals surface area contributed by atoms with E-state index in [1.807, 2.05) is 0 Å². The van der Waals surface area contributed by atoms with Crippen molar-refractivity contribution in [2.45, 2.75) is 0 Å². The number of anilines is 1. The topological polar surface area (TPSA) is 78.5 Å². The van der Waals surface area contributed by atoms with Crippen molar-refractivity contribution in [3.05, 3.63) is 35.6 Å². The summed E-state index contributed by atoms with van der Waals surface area (Å²) in [5.74, 6) is -0.179. The Balaban J connectivity index is 2.51. The molecule has 1 aromatic carbocycles. The van der Waals surface area contributed by atoms with Gasteiger partial charge in [0.1, 0.15) is 17.7 Å². The SMILES string of the molecule is N#Cc1cc(-c2cc(N)n[nH]2)ccc1F. The minimum atomic E-state index is -0.534. The van der Waals surface area contributed by atoms with Crippen molar-refractivity contribution >= 4 is 5.82 Å². The zero-order chi connectivity index (χ0) is 10.8. The monoisotopic (exact) mass is 202 g/mol. The number of nitrogens with one attached hydrogen (secondary N) is 1. The van der Waals surface area contributed by atoms with E-state index < -0.39 is 5.82 Å². The Morgan fingerprint density at radius 2 is 2.20 bits per heavy atom. The van der Waals surface area contributed by atoms with Gasteiger partial charge in [0.15, 0.2) is 0 Å². The van der Waals surface area contributed by atoms with Crippen molar-refractivity contribution in [2.24, 2.45) is 0 Å². The number of hydrogen-bond donors (Lipinski definition) is 2. The second-order valence-electron chi connectivity index (χ2n) is 3.01. The number of rotatable bonds is 1. The number of benzene rings is 1. The number of hydrogen-bond acceptors (Lipinski definition) is 3. The normalized spacial score (nSPS) is 9.87. The zero-order valence-corrected chi connectivity index (χ0v) is 7.66. The fourth-order valence-corrected chi connectivity index (χ4v) is 1.26. The number of nitrogen functional groups attached to an aromatic ring is 1. The molecule has 0 fully saturated rings. The third-order valence-electron chi connectivity index (χ3n) is 2.00. The Labute approximate surface area is 85.1 Å². The smallest absolute Gasteiger partial charge is 0.145 e. The van der Waals surface area contributed by atoms with Crippen LogP contribution < -0.4 is 5.73 Å². The first-order valence-corrected chi connectivity index (χ1v) is 4.21. The molecule has 2 rings (SSSR count). The molecule has 74 valence electrons. The average molecular weight is 202 g/mol. The Morgan fingerprint density at radius 1 is 1.40 bits per heavy atom. The van der Waals surface area contributed by atoms with E-state index in [0.29, 0.717) is 17.1 Å². The Kier molecular flexibility index (Phi) is 2.10. The molecule has 5 heteroatoms. The fourth-order valence-electron chi connectivity index (χ4n) is 1.26. The highest BCUT2D eigenvalue weighted by Crippen LogP contribution is 2.20. The molecule has 1 aromatic heterocycles. The molecule has 4 nitrogen and oxygen atoms in total. The van der Waals surface area contributed by atoms with Crippen LogP contribution in [0, 0.1) is 17.1 Å². The van der Waals surface area contributed by atoms with Crippen molar-refractivity contribution in [1.29, 1.82) is 5.26 Å². The lowest BCUT2D eigenvalue weighted by Crippen LogP contribution is -1.85. The average Bonchev–Trinajstić information content (AvgIpc) is 2.66. The molecule has 0 aliphatic heterocycles. The molecule has 0 saturated carbocycles. The van der Waals surface area contributed by atoms with E-state index in [1.165, 1.54) is 12.1 Å². The summed E-state index contributed by atoms with van der Waals surface area (Å²) in [5, 5.41) is 15.1. The largest absolute Gasteiger partial charge is 0.382 e. The van der Waals surface area contributed by atoms with Crippen LogP contribution >= 0.6 is 0 Å².